The zero-order chi connectivity index (χ0) is 17.7. The van der Waals surface area contributed by atoms with Crippen LogP contribution in [0.25, 0.3) is 0 Å². The summed E-state index contributed by atoms with van der Waals surface area (Å²) in [5.41, 5.74) is 0.659. The number of hydrogen-bond acceptors (Lipinski definition) is 5. The Morgan fingerprint density at radius 1 is 1.08 bits per heavy atom. The third kappa shape index (κ3) is 4.88. The van der Waals surface area contributed by atoms with Gasteiger partial charge in [-0.15, -0.1) is 0 Å². The lowest BCUT2D eigenvalue weighted by Crippen LogP contribution is -2.21. The highest BCUT2D eigenvalue weighted by Gasteiger charge is 2.13. The summed E-state index contributed by atoms with van der Waals surface area (Å²) in [6, 6.07) is 12.0. The average molecular weight is 413 g/mol. The summed E-state index contributed by atoms with van der Waals surface area (Å²) in [6.45, 7) is -0.475. The number of esters is 1. The van der Waals surface area contributed by atoms with Crippen molar-refractivity contribution in [3.05, 3.63) is 58.6 Å². The van der Waals surface area contributed by atoms with E-state index in [0.29, 0.717) is 15.7 Å². The van der Waals surface area contributed by atoms with Crippen LogP contribution in [0.1, 0.15) is 10.4 Å². The Hall–Kier alpha value is -2.23. The number of anilines is 1. The molecular weight excluding hydrogens is 400 g/mol. The molecule has 0 aliphatic heterocycles. The maximum Gasteiger partial charge on any atom is 0.339 e. The highest BCUT2D eigenvalue weighted by atomic mass is 79.9. The molecule has 3 N–H and O–H groups in total. The first-order chi connectivity index (χ1) is 11.3. The normalized spacial score (nSPS) is 10.9. The van der Waals surface area contributed by atoms with Crippen LogP contribution < -0.4 is 10.5 Å². The van der Waals surface area contributed by atoms with Gasteiger partial charge in [-0.25, -0.2) is 18.4 Å². The van der Waals surface area contributed by atoms with Gasteiger partial charge in [0.2, 0.25) is 10.0 Å². The van der Waals surface area contributed by atoms with Gasteiger partial charge in [0, 0.05) is 10.2 Å². The number of sulfonamides is 1. The van der Waals surface area contributed by atoms with Crippen LogP contribution in [-0.4, -0.2) is 26.9 Å². The molecular formula is C15H13BrN2O5S. The zero-order valence-electron chi connectivity index (χ0n) is 12.2. The maximum atomic E-state index is 11.9. The van der Waals surface area contributed by atoms with E-state index in [4.69, 9.17) is 9.88 Å². The average Bonchev–Trinajstić information content (AvgIpc) is 2.53. The monoisotopic (exact) mass is 412 g/mol. The van der Waals surface area contributed by atoms with E-state index in [1.807, 2.05) is 0 Å². The lowest BCUT2D eigenvalue weighted by molar-refractivity contribution is -0.119. The van der Waals surface area contributed by atoms with Crippen LogP contribution in [0.15, 0.2) is 57.9 Å². The van der Waals surface area contributed by atoms with Crippen LogP contribution in [0.2, 0.25) is 0 Å². The number of nitrogens with two attached hydrogens (primary N) is 1. The molecule has 7 nitrogen and oxygen atoms in total. The quantitative estimate of drug-likeness (QED) is 0.727. The number of rotatable bonds is 5. The third-order valence-electron chi connectivity index (χ3n) is 2.89. The summed E-state index contributed by atoms with van der Waals surface area (Å²) in [4.78, 5) is 23.6. The molecule has 1 amide bonds. The van der Waals surface area contributed by atoms with Gasteiger partial charge in [0.05, 0.1) is 10.5 Å². The van der Waals surface area contributed by atoms with Crippen molar-refractivity contribution in [2.75, 3.05) is 11.9 Å². The summed E-state index contributed by atoms with van der Waals surface area (Å²) in [7, 11) is -3.79. The molecule has 0 saturated carbocycles. The summed E-state index contributed by atoms with van der Waals surface area (Å²) >= 11 is 3.22. The lowest BCUT2D eigenvalue weighted by Gasteiger charge is -2.08. The largest absolute Gasteiger partial charge is 0.452 e. The van der Waals surface area contributed by atoms with Crippen molar-refractivity contribution >= 4 is 43.5 Å². The predicted molar refractivity (Wildman–Crippen MR) is 90.9 cm³/mol. The van der Waals surface area contributed by atoms with Crippen LogP contribution in [0.4, 0.5) is 5.69 Å². The van der Waals surface area contributed by atoms with Crippen molar-refractivity contribution < 1.29 is 22.7 Å². The van der Waals surface area contributed by atoms with Gasteiger partial charge < -0.3 is 10.1 Å². The number of carbonyl (C=O) groups is 2. The molecule has 0 unspecified atom stereocenters. The molecule has 24 heavy (non-hydrogen) atoms. The Morgan fingerprint density at radius 3 is 2.29 bits per heavy atom. The first-order valence-corrected chi connectivity index (χ1v) is 8.95. The lowest BCUT2D eigenvalue weighted by atomic mass is 10.2. The van der Waals surface area contributed by atoms with Crippen LogP contribution in [0.3, 0.4) is 0 Å². The Morgan fingerprint density at radius 2 is 1.71 bits per heavy atom. The molecule has 2 aromatic rings. The number of halogens is 1. The Bertz CT molecular complexity index is 866. The van der Waals surface area contributed by atoms with E-state index in [-0.39, 0.29) is 4.90 Å². The van der Waals surface area contributed by atoms with E-state index >= 15 is 0 Å². The number of benzene rings is 2. The number of carbonyl (C=O) groups excluding carboxylic acids is 2. The minimum atomic E-state index is -3.79. The topological polar surface area (TPSA) is 116 Å². The second-order valence-corrected chi connectivity index (χ2v) is 7.09. The summed E-state index contributed by atoms with van der Waals surface area (Å²) in [5, 5.41) is 7.46. The fraction of sp³-hybridized carbons (Fsp3) is 0.0667. The highest BCUT2D eigenvalue weighted by molar-refractivity contribution is 9.10. The van der Waals surface area contributed by atoms with Gasteiger partial charge in [0.15, 0.2) is 6.61 Å². The number of hydrogen-bond donors (Lipinski definition) is 2. The van der Waals surface area contributed by atoms with Gasteiger partial charge in [0.25, 0.3) is 5.91 Å². The fourth-order valence-electron chi connectivity index (χ4n) is 1.76. The van der Waals surface area contributed by atoms with Crippen LogP contribution in [0.5, 0.6) is 0 Å². The third-order valence-corrected chi connectivity index (χ3v) is 4.52. The minimum absolute atomic E-state index is 0.0687. The molecule has 126 valence electrons. The molecule has 0 atom stereocenters. The molecule has 0 heterocycles. The van der Waals surface area contributed by atoms with E-state index in [9.17, 15) is 18.0 Å². The van der Waals surface area contributed by atoms with Gasteiger partial charge >= 0.3 is 5.97 Å². The Labute approximate surface area is 147 Å². The minimum Gasteiger partial charge on any atom is -0.452 e. The second-order valence-electron chi connectivity index (χ2n) is 4.67. The van der Waals surface area contributed by atoms with Crippen molar-refractivity contribution in [3.63, 3.8) is 0 Å². The zero-order valence-corrected chi connectivity index (χ0v) is 14.6. The van der Waals surface area contributed by atoms with Gasteiger partial charge in [-0.2, -0.15) is 0 Å². The molecule has 0 bridgehead atoms. The standard InChI is InChI=1S/C15H13BrN2O5S/c16-13-4-2-1-3-12(13)15(20)23-9-14(19)18-10-5-7-11(8-6-10)24(17,21)22/h1-8H,9H2,(H,18,19)(H2,17,21,22). The first-order valence-electron chi connectivity index (χ1n) is 6.62. The van der Waals surface area contributed by atoms with Gasteiger partial charge in [-0.3, -0.25) is 4.79 Å². The van der Waals surface area contributed by atoms with E-state index in [0.717, 1.165) is 0 Å². The number of amides is 1. The van der Waals surface area contributed by atoms with Crippen molar-refractivity contribution in [3.8, 4) is 0 Å². The van der Waals surface area contributed by atoms with Crippen molar-refractivity contribution in [2.45, 2.75) is 4.90 Å². The molecule has 0 fully saturated rings. The second kappa shape index (κ2) is 7.56. The Kier molecular flexibility index (Phi) is 5.71. The fourth-order valence-corrected chi connectivity index (χ4v) is 2.72. The molecule has 0 spiro atoms. The highest BCUT2D eigenvalue weighted by Crippen LogP contribution is 2.17. The maximum absolute atomic E-state index is 11.9. The van der Waals surface area contributed by atoms with Crippen molar-refractivity contribution in [2.24, 2.45) is 5.14 Å². The molecule has 2 rings (SSSR count). The van der Waals surface area contributed by atoms with Crippen LogP contribution in [0, 0.1) is 0 Å². The summed E-state index contributed by atoms with van der Waals surface area (Å²) in [6.07, 6.45) is 0. The molecule has 9 heteroatoms. The van der Waals surface area contributed by atoms with E-state index in [1.54, 1.807) is 24.3 Å². The van der Waals surface area contributed by atoms with Gasteiger partial charge in [-0.1, -0.05) is 12.1 Å². The van der Waals surface area contributed by atoms with Crippen molar-refractivity contribution in [1.29, 1.82) is 0 Å². The summed E-state index contributed by atoms with van der Waals surface area (Å²) < 4.78 is 27.8. The van der Waals surface area contributed by atoms with E-state index in [2.05, 4.69) is 21.2 Å². The molecule has 0 aliphatic carbocycles. The first kappa shape index (κ1) is 18.1. The number of ether oxygens (including phenoxy) is 1. The van der Waals surface area contributed by atoms with Crippen LogP contribution in [-0.2, 0) is 19.6 Å². The summed E-state index contributed by atoms with van der Waals surface area (Å²) in [5.74, 6) is -1.19. The van der Waals surface area contributed by atoms with Gasteiger partial charge in [0.1, 0.15) is 0 Å². The molecule has 0 saturated heterocycles. The smallest absolute Gasteiger partial charge is 0.339 e. The molecule has 0 radical (unpaired) electrons. The van der Waals surface area contributed by atoms with Crippen LogP contribution >= 0.6 is 15.9 Å². The van der Waals surface area contributed by atoms with E-state index < -0.39 is 28.5 Å². The number of primary sulfonamides is 1. The molecule has 2 aromatic carbocycles. The predicted octanol–water partition coefficient (Wildman–Crippen LogP) is 1.89. The number of nitrogens with one attached hydrogen (secondary N) is 1. The molecule has 0 aromatic heterocycles. The van der Waals surface area contributed by atoms with Gasteiger partial charge in [-0.05, 0) is 52.3 Å². The van der Waals surface area contributed by atoms with Crippen molar-refractivity contribution in [1.82, 2.24) is 0 Å². The SMILES string of the molecule is NS(=O)(=O)c1ccc(NC(=O)COC(=O)c2ccccc2Br)cc1. The Balaban J connectivity index is 1.92. The van der Waals surface area contributed by atoms with E-state index in [1.165, 1.54) is 24.3 Å². The molecule has 0 aliphatic rings.